The average Bonchev–Trinajstić information content (AvgIpc) is 1.62. The maximum atomic E-state index is 10.1. The van der Waals surface area contributed by atoms with Crippen molar-refractivity contribution in [2.75, 3.05) is 5.75 Å². The van der Waals surface area contributed by atoms with Crippen molar-refractivity contribution in [2.24, 2.45) is 5.84 Å². The van der Waals surface area contributed by atoms with Crippen LogP contribution < -0.4 is 11.3 Å². The monoisotopic (exact) mass is 154 g/mol. The maximum Gasteiger partial charge on any atom is 0.266 e. The zero-order valence-electron chi connectivity index (χ0n) is 5.03. The molecule has 0 bridgehead atoms. The Labute approximate surface area is 54.0 Å². The van der Waals surface area contributed by atoms with Gasteiger partial charge in [-0.2, -0.15) is 8.42 Å². The van der Waals surface area contributed by atoms with Crippen molar-refractivity contribution in [3.8, 4) is 0 Å². The third-order valence-electron chi connectivity index (χ3n) is 0.745. The lowest BCUT2D eigenvalue weighted by molar-refractivity contribution is 0.470. The van der Waals surface area contributed by atoms with Gasteiger partial charge in [0.2, 0.25) is 0 Å². The van der Waals surface area contributed by atoms with Gasteiger partial charge in [0.05, 0.1) is 5.75 Å². The van der Waals surface area contributed by atoms with Crippen LogP contribution in [0.2, 0.25) is 0 Å². The van der Waals surface area contributed by atoms with Gasteiger partial charge in [0, 0.05) is 6.04 Å². The molecule has 1 atom stereocenters. The Morgan fingerprint density at radius 3 is 2.33 bits per heavy atom. The molecule has 0 aromatic heterocycles. The molecule has 0 aromatic rings. The largest absolute Gasteiger partial charge is 0.285 e. The fourth-order valence-electron chi connectivity index (χ4n) is 0.364. The molecule has 56 valence electrons. The molecule has 6 heteroatoms. The van der Waals surface area contributed by atoms with Crippen LogP contribution in [-0.4, -0.2) is 24.8 Å². The Hall–Kier alpha value is -0.170. The van der Waals surface area contributed by atoms with Gasteiger partial charge in [-0.1, -0.05) is 0 Å². The van der Waals surface area contributed by atoms with E-state index in [2.05, 4.69) is 5.43 Å². The summed E-state index contributed by atoms with van der Waals surface area (Å²) in [6.45, 7) is 1.55. The molecule has 0 rings (SSSR count). The van der Waals surface area contributed by atoms with Crippen LogP contribution >= 0.6 is 0 Å². The van der Waals surface area contributed by atoms with Gasteiger partial charge < -0.3 is 0 Å². The summed E-state index contributed by atoms with van der Waals surface area (Å²) < 4.78 is 28.3. The van der Waals surface area contributed by atoms with Gasteiger partial charge in [0.25, 0.3) is 10.1 Å². The summed E-state index contributed by atoms with van der Waals surface area (Å²) in [7, 11) is -3.88. The molecule has 0 aliphatic rings. The first-order chi connectivity index (χ1) is 3.95. The molecule has 5 nitrogen and oxygen atoms in total. The summed E-state index contributed by atoms with van der Waals surface area (Å²) in [5, 5.41) is 0. The van der Waals surface area contributed by atoms with E-state index in [1.54, 1.807) is 6.92 Å². The standard InChI is InChI=1S/C3H10N2O3S/c1-3(5-4)2-9(6,7)8/h3,5H,2,4H2,1H3,(H,6,7,8). The molecule has 0 radical (unpaired) electrons. The van der Waals surface area contributed by atoms with Crippen molar-refractivity contribution >= 4 is 10.1 Å². The van der Waals surface area contributed by atoms with Crippen molar-refractivity contribution < 1.29 is 13.0 Å². The van der Waals surface area contributed by atoms with Crippen LogP contribution in [0.25, 0.3) is 0 Å². The Bertz CT molecular complexity index is 164. The molecular weight excluding hydrogens is 144 g/mol. The van der Waals surface area contributed by atoms with Crippen LogP contribution in [0.15, 0.2) is 0 Å². The lowest BCUT2D eigenvalue weighted by Gasteiger charge is -2.05. The SMILES string of the molecule is CC(CS(=O)(=O)O)NN. The number of nitrogens with two attached hydrogens (primary N) is 1. The summed E-state index contributed by atoms with van der Waals surface area (Å²) >= 11 is 0. The lowest BCUT2D eigenvalue weighted by Crippen LogP contribution is -2.37. The number of hydrazine groups is 1. The molecule has 4 N–H and O–H groups in total. The summed E-state index contributed by atoms with van der Waals surface area (Å²) in [5.41, 5.74) is 2.18. The van der Waals surface area contributed by atoms with E-state index in [1.165, 1.54) is 0 Å². The molecule has 0 saturated heterocycles. The second-order valence-corrected chi connectivity index (χ2v) is 3.31. The molecule has 0 fully saturated rings. The number of hydrogen-bond donors (Lipinski definition) is 3. The van der Waals surface area contributed by atoms with E-state index in [9.17, 15) is 8.42 Å². The van der Waals surface area contributed by atoms with E-state index in [1.807, 2.05) is 0 Å². The van der Waals surface area contributed by atoms with Crippen molar-refractivity contribution in [1.29, 1.82) is 0 Å². The minimum absolute atomic E-state index is 0.358. The van der Waals surface area contributed by atoms with Gasteiger partial charge in [-0.25, -0.2) is 0 Å². The quantitative estimate of drug-likeness (QED) is 0.268. The number of hydrogen-bond acceptors (Lipinski definition) is 4. The van der Waals surface area contributed by atoms with Crippen LogP contribution in [0.5, 0.6) is 0 Å². The van der Waals surface area contributed by atoms with Crippen molar-refractivity contribution in [2.45, 2.75) is 13.0 Å². The van der Waals surface area contributed by atoms with Crippen LogP contribution in [0.3, 0.4) is 0 Å². The first-order valence-electron chi connectivity index (χ1n) is 2.37. The van der Waals surface area contributed by atoms with Gasteiger partial charge in [-0.3, -0.25) is 15.8 Å². The molecule has 1 unspecified atom stereocenters. The Morgan fingerprint density at radius 1 is 1.78 bits per heavy atom. The molecule has 0 aliphatic heterocycles. The Balaban J connectivity index is 3.75. The topological polar surface area (TPSA) is 92.4 Å². The average molecular weight is 154 g/mol. The Morgan fingerprint density at radius 2 is 2.22 bits per heavy atom. The van der Waals surface area contributed by atoms with Crippen molar-refractivity contribution in [1.82, 2.24) is 5.43 Å². The molecule has 0 heterocycles. The second-order valence-electron chi connectivity index (χ2n) is 1.82. The maximum absolute atomic E-state index is 10.1. The molecule has 0 saturated carbocycles. The van der Waals surface area contributed by atoms with Crippen LogP contribution in [0.1, 0.15) is 6.92 Å². The molecule has 0 amide bonds. The predicted molar refractivity (Wildman–Crippen MR) is 33.2 cm³/mol. The third kappa shape index (κ3) is 5.71. The zero-order chi connectivity index (χ0) is 7.49. The van der Waals surface area contributed by atoms with Gasteiger partial charge in [0.15, 0.2) is 0 Å². The predicted octanol–water partition coefficient (Wildman–Crippen LogP) is -1.27. The van der Waals surface area contributed by atoms with Gasteiger partial charge in [-0.15, -0.1) is 0 Å². The van der Waals surface area contributed by atoms with E-state index >= 15 is 0 Å². The summed E-state index contributed by atoms with van der Waals surface area (Å²) in [4.78, 5) is 0. The van der Waals surface area contributed by atoms with E-state index < -0.39 is 16.2 Å². The zero-order valence-corrected chi connectivity index (χ0v) is 5.85. The van der Waals surface area contributed by atoms with Gasteiger partial charge >= 0.3 is 0 Å². The normalized spacial score (nSPS) is 15.4. The van der Waals surface area contributed by atoms with E-state index in [-0.39, 0.29) is 5.75 Å². The minimum Gasteiger partial charge on any atom is -0.285 e. The molecule has 0 aromatic carbocycles. The van der Waals surface area contributed by atoms with Gasteiger partial charge in [0.1, 0.15) is 0 Å². The highest BCUT2D eigenvalue weighted by molar-refractivity contribution is 7.85. The van der Waals surface area contributed by atoms with Crippen LogP contribution in [-0.2, 0) is 10.1 Å². The summed E-state index contributed by atoms with van der Waals surface area (Å²) in [5.74, 6) is 4.50. The highest BCUT2D eigenvalue weighted by Crippen LogP contribution is 1.86. The highest BCUT2D eigenvalue weighted by atomic mass is 32.2. The molecule has 0 spiro atoms. The van der Waals surface area contributed by atoms with Crippen LogP contribution in [0, 0.1) is 0 Å². The first kappa shape index (κ1) is 8.83. The first-order valence-corrected chi connectivity index (χ1v) is 3.98. The number of rotatable bonds is 3. The minimum atomic E-state index is -3.88. The fourth-order valence-corrected chi connectivity index (χ4v) is 1.09. The second kappa shape index (κ2) is 3.11. The number of nitrogens with one attached hydrogen (secondary N) is 1. The molecular formula is C3H10N2O3S. The summed E-state index contributed by atoms with van der Waals surface area (Å²) in [6, 6.07) is -0.417. The van der Waals surface area contributed by atoms with Crippen molar-refractivity contribution in [3.63, 3.8) is 0 Å². The smallest absolute Gasteiger partial charge is 0.266 e. The van der Waals surface area contributed by atoms with Crippen LogP contribution in [0.4, 0.5) is 0 Å². The van der Waals surface area contributed by atoms with Crippen molar-refractivity contribution in [3.05, 3.63) is 0 Å². The van der Waals surface area contributed by atoms with Gasteiger partial charge in [-0.05, 0) is 6.92 Å². The van der Waals surface area contributed by atoms with E-state index in [0.717, 1.165) is 0 Å². The summed E-state index contributed by atoms with van der Waals surface area (Å²) in [6.07, 6.45) is 0. The van der Waals surface area contributed by atoms with E-state index in [4.69, 9.17) is 10.4 Å². The lowest BCUT2D eigenvalue weighted by atomic mass is 10.4. The Kier molecular flexibility index (Phi) is 3.06. The highest BCUT2D eigenvalue weighted by Gasteiger charge is 2.09. The van der Waals surface area contributed by atoms with E-state index in [0.29, 0.717) is 0 Å². The molecule has 0 aliphatic carbocycles. The third-order valence-corrected chi connectivity index (χ3v) is 1.67. The molecule has 9 heavy (non-hydrogen) atoms. The fraction of sp³-hybridized carbons (Fsp3) is 1.00.